The second kappa shape index (κ2) is 6.11. The molecule has 0 saturated heterocycles. The highest BCUT2D eigenvalue weighted by molar-refractivity contribution is 9.10. The smallest absolute Gasteiger partial charge is 0.173 e. The van der Waals surface area contributed by atoms with Gasteiger partial charge < -0.3 is 15.7 Å². The Morgan fingerprint density at radius 2 is 2.05 bits per heavy atom. The molecule has 0 aliphatic carbocycles. The molecule has 0 aliphatic heterocycles. The number of amidine groups is 1. The average Bonchev–Trinajstić information content (AvgIpc) is 2.44. The van der Waals surface area contributed by atoms with E-state index in [0.717, 1.165) is 0 Å². The summed E-state index contributed by atoms with van der Waals surface area (Å²) in [6.45, 7) is 0. The minimum atomic E-state index is -0.398. The summed E-state index contributed by atoms with van der Waals surface area (Å²) >= 11 is 8.93. The topological polar surface area (TPSA) is 67.8 Å². The van der Waals surface area contributed by atoms with Crippen LogP contribution in [0.1, 0.15) is 5.56 Å². The van der Waals surface area contributed by atoms with Crippen LogP contribution in [0.3, 0.4) is 0 Å². The molecule has 104 valence electrons. The van der Waals surface area contributed by atoms with Crippen molar-refractivity contribution in [1.82, 2.24) is 0 Å². The van der Waals surface area contributed by atoms with Crippen molar-refractivity contribution in [3.8, 4) is 11.5 Å². The van der Waals surface area contributed by atoms with E-state index in [1.165, 1.54) is 24.3 Å². The molecule has 0 amide bonds. The van der Waals surface area contributed by atoms with Gasteiger partial charge in [-0.15, -0.1) is 0 Å². The molecule has 0 radical (unpaired) electrons. The molecule has 0 bridgehead atoms. The van der Waals surface area contributed by atoms with Gasteiger partial charge in [0.1, 0.15) is 17.3 Å². The third-order valence-corrected chi connectivity index (χ3v) is 3.29. The Hall–Kier alpha value is -1.79. The normalized spacial score (nSPS) is 11.4. The number of benzene rings is 2. The summed E-state index contributed by atoms with van der Waals surface area (Å²) in [5.41, 5.74) is 5.90. The zero-order valence-electron chi connectivity index (χ0n) is 9.98. The summed E-state index contributed by atoms with van der Waals surface area (Å²) in [5.74, 6) is 0.199. The van der Waals surface area contributed by atoms with Crippen LogP contribution in [0.5, 0.6) is 11.5 Å². The number of hydrogen-bond donors (Lipinski definition) is 2. The molecule has 2 aromatic rings. The van der Waals surface area contributed by atoms with Gasteiger partial charge in [0.05, 0.1) is 10.0 Å². The Kier molecular flexibility index (Phi) is 4.46. The van der Waals surface area contributed by atoms with Gasteiger partial charge in [-0.3, -0.25) is 0 Å². The number of nitrogens with two attached hydrogens (primary N) is 1. The SMILES string of the molecule is N/C(=N/O)c1cc(Cl)ccc1Oc1ccc(F)c(Br)c1. The van der Waals surface area contributed by atoms with Crippen LogP contribution in [0.2, 0.25) is 5.02 Å². The van der Waals surface area contributed by atoms with Gasteiger partial charge in [-0.1, -0.05) is 16.8 Å². The van der Waals surface area contributed by atoms with E-state index in [9.17, 15) is 4.39 Å². The van der Waals surface area contributed by atoms with E-state index in [4.69, 9.17) is 27.3 Å². The molecule has 20 heavy (non-hydrogen) atoms. The van der Waals surface area contributed by atoms with E-state index in [2.05, 4.69) is 21.1 Å². The Labute approximate surface area is 127 Å². The molecule has 0 spiro atoms. The quantitative estimate of drug-likeness (QED) is 0.375. The van der Waals surface area contributed by atoms with Gasteiger partial charge in [-0.25, -0.2) is 4.39 Å². The van der Waals surface area contributed by atoms with E-state index >= 15 is 0 Å². The van der Waals surface area contributed by atoms with Crippen molar-refractivity contribution in [2.24, 2.45) is 10.9 Å². The second-order valence-electron chi connectivity index (χ2n) is 3.80. The summed E-state index contributed by atoms with van der Waals surface area (Å²) in [6, 6.07) is 8.88. The summed E-state index contributed by atoms with van der Waals surface area (Å²) in [5, 5.41) is 12.1. The number of oxime groups is 1. The molecule has 0 saturated carbocycles. The molecule has 0 aliphatic rings. The van der Waals surface area contributed by atoms with Crippen LogP contribution < -0.4 is 10.5 Å². The Morgan fingerprint density at radius 1 is 1.30 bits per heavy atom. The van der Waals surface area contributed by atoms with Crippen molar-refractivity contribution in [2.75, 3.05) is 0 Å². The Bertz CT molecular complexity index is 679. The third-order valence-electron chi connectivity index (χ3n) is 2.44. The first-order valence-electron chi connectivity index (χ1n) is 5.41. The van der Waals surface area contributed by atoms with E-state index in [1.54, 1.807) is 12.1 Å². The molecular formula is C13H9BrClFN2O2. The fourth-order valence-electron chi connectivity index (χ4n) is 1.51. The van der Waals surface area contributed by atoms with E-state index < -0.39 is 5.82 Å². The van der Waals surface area contributed by atoms with Gasteiger partial charge in [0.15, 0.2) is 5.84 Å². The lowest BCUT2D eigenvalue weighted by molar-refractivity contribution is 0.318. The van der Waals surface area contributed by atoms with Crippen molar-refractivity contribution < 1.29 is 14.3 Å². The molecule has 0 fully saturated rings. The lowest BCUT2D eigenvalue weighted by Crippen LogP contribution is -2.14. The van der Waals surface area contributed by atoms with Crippen molar-refractivity contribution in [3.63, 3.8) is 0 Å². The number of ether oxygens (including phenoxy) is 1. The number of halogens is 3. The third kappa shape index (κ3) is 3.20. The van der Waals surface area contributed by atoms with Gasteiger partial charge >= 0.3 is 0 Å². The fourth-order valence-corrected chi connectivity index (χ4v) is 2.04. The average molecular weight is 360 g/mol. The van der Waals surface area contributed by atoms with Crippen molar-refractivity contribution in [2.45, 2.75) is 0 Å². The first-order valence-corrected chi connectivity index (χ1v) is 6.58. The lowest BCUT2D eigenvalue weighted by atomic mass is 10.2. The minimum absolute atomic E-state index is 0.135. The molecule has 0 heterocycles. The van der Waals surface area contributed by atoms with Crippen LogP contribution in [0.4, 0.5) is 4.39 Å². The van der Waals surface area contributed by atoms with E-state index in [0.29, 0.717) is 22.1 Å². The number of nitrogens with zero attached hydrogens (tertiary/aromatic N) is 1. The molecule has 0 aromatic heterocycles. The van der Waals surface area contributed by atoms with Crippen LogP contribution in [-0.2, 0) is 0 Å². The molecule has 2 aromatic carbocycles. The van der Waals surface area contributed by atoms with E-state index in [-0.39, 0.29) is 10.3 Å². The predicted molar refractivity (Wildman–Crippen MR) is 78.1 cm³/mol. The first-order chi connectivity index (χ1) is 9.51. The highest BCUT2D eigenvalue weighted by atomic mass is 79.9. The molecule has 3 N–H and O–H groups in total. The van der Waals surface area contributed by atoms with Gasteiger partial charge in [0.25, 0.3) is 0 Å². The van der Waals surface area contributed by atoms with Crippen molar-refractivity contribution >= 4 is 33.4 Å². The monoisotopic (exact) mass is 358 g/mol. The van der Waals surface area contributed by atoms with Gasteiger partial charge in [0, 0.05) is 5.02 Å². The number of rotatable bonds is 3. The van der Waals surface area contributed by atoms with Crippen LogP contribution in [0.15, 0.2) is 46.0 Å². The molecule has 4 nitrogen and oxygen atoms in total. The molecular weight excluding hydrogens is 351 g/mol. The fraction of sp³-hybridized carbons (Fsp3) is 0. The number of hydrogen-bond acceptors (Lipinski definition) is 3. The summed E-state index contributed by atoms with van der Waals surface area (Å²) in [7, 11) is 0. The maximum absolute atomic E-state index is 13.2. The zero-order valence-corrected chi connectivity index (χ0v) is 12.3. The van der Waals surface area contributed by atoms with Gasteiger partial charge in [-0.2, -0.15) is 0 Å². The summed E-state index contributed by atoms with van der Waals surface area (Å²) < 4.78 is 19.0. The summed E-state index contributed by atoms with van der Waals surface area (Å²) in [6.07, 6.45) is 0. The Morgan fingerprint density at radius 3 is 2.70 bits per heavy atom. The second-order valence-corrected chi connectivity index (χ2v) is 5.09. The zero-order chi connectivity index (χ0) is 14.7. The largest absolute Gasteiger partial charge is 0.457 e. The van der Waals surface area contributed by atoms with Crippen LogP contribution in [-0.4, -0.2) is 11.0 Å². The Balaban J connectivity index is 2.40. The summed E-state index contributed by atoms with van der Waals surface area (Å²) in [4.78, 5) is 0. The highest BCUT2D eigenvalue weighted by Gasteiger charge is 2.11. The van der Waals surface area contributed by atoms with Crippen molar-refractivity contribution in [3.05, 3.63) is 57.3 Å². The van der Waals surface area contributed by atoms with Crippen LogP contribution in [0, 0.1) is 5.82 Å². The highest BCUT2D eigenvalue weighted by Crippen LogP contribution is 2.30. The first kappa shape index (κ1) is 14.6. The van der Waals surface area contributed by atoms with Crippen LogP contribution >= 0.6 is 27.5 Å². The van der Waals surface area contributed by atoms with Crippen LogP contribution in [0.25, 0.3) is 0 Å². The molecule has 2 rings (SSSR count). The van der Waals surface area contributed by atoms with Crippen molar-refractivity contribution in [1.29, 1.82) is 0 Å². The predicted octanol–water partition coefficient (Wildman–Crippen LogP) is 4.13. The van der Waals surface area contributed by atoms with Gasteiger partial charge in [-0.05, 0) is 52.3 Å². The molecule has 7 heteroatoms. The minimum Gasteiger partial charge on any atom is -0.457 e. The van der Waals surface area contributed by atoms with E-state index in [1.807, 2.05) is 0 Å². The molecule has 0 atom stereocenters. The maximum atomic E-state index is 13.2. The lowest BCUT2D eigenvalue weighted by Gasteiger charge is -2.11. The van der Waals surface area contributed by atoms with Gasteiger partial charge in [0.2, 0.25) is 0 Å². The molecule has 0 unspecified atom stereocenters. The standard InChI is InChI=1S/C13H9BrClFN2O2/c14-10-6-8(2-3-11(10)16)20-12-4-1-7(15)5-9(12)13(17)18-19/h1-6,19H,(H2,17,18). The maximum Gasteiger partial charge on any atom is 0.173 e.